The van der Waals surface area contributed by atoms with Crippen molar-refractivity contribution in [3.05, 3.63) is 29.3 Å². The maximum absolute atomic E-state index is 12.1. The summed E-state index contributed by atoms with van der Waals surface area (Å²) < 4.78 is 0. The minimum atomic E-state index is -0.402. The lowest BCUT2D eigenvalue weighted by Crippen LogP contribution is -2.30. The lowest BCUT2D eigenvalue weighted by Gasteiger charge is -2.19. The predicted octanol–water partition coefficient (Wildman–Crippen LogP) is 1.42. The SMILES string of the molecule is Cc1ccc(C(=O)N(C)CCC(C)O)c(N)c1. The highest BCUT2D eigenvalue weighted by molar-refractivity contribution is 5.99. The fourth-order valence-electron chi connectivity index (χ4n) is 1.56. The molecule has 1 atom stereocenters. The molecule has 17 heavy (non-hydrogen) atoms. The zero-order valence-corrected chi connectivity index (χ0v) is 10.6. The minimum absolute atomic E-state index is 0.108. The number of aryl methyl sites for hydroxylation is 1. The number of hydrogen-bond acceptors (Lipinski definition) is 3. The van der Waals surface area contributed by atoms with Crippen LogP contribution in [0.3, 0.4) is 0 Å². The zero-order chi connectivity index (χ0) is 13.0. The molecule has 0 aliphatic heterocycles. The van der Waals surface area contributed by atoms with Gasteiger partial charge in [-0.15, -0.1) is 0 Å². The number of aliphatic hydroxyl groups is 1. The number of carbonyl (C=O) groups is 1. The van der Waals surface area contributed by atoms with E-state index in [2.05, 4.69) is 0 Å². The fourth-order valence-corrected chi connectivity index (χ4v) is 1.56. The summed E-state index contributed by atoms with van der Waals surface area (Å²) in [6, 6.07) is 5.40. The van der Waals surface area contributed by atoms with E-state index in [0.717, 1.165) is 5.56 Å². The Bertz CT molecular complexity index is 402. The van der Waals surface area contributed by atoms with Crippen LogP contribution in [0.2, 0.25) is 0 Å². The molecule has 0 saturated heterocycles. The monoisotopic (exact) mass is 236 g/mol. The second-order valence-electron chi connectivity index (χ2n) is 4.46. The molecule has 1 aromatic rings. The van der Waals surface area contributed by atoms with Gasteiger partial charge < -0.3 is 15.7 Å². The fraction of sp³-hybridized carbons (Fsp3) is 0.462. The van der Waals surface area contributed by atoms with E-state index in [4.69, 9.17) is 5.73 Å². The van der Waals surface area contributed by atoms with Crippen LogP contribution in [0.4, 0.5) is 5.69 Å². The van der Waals surface area contributed by atoms with Gasteiger partial charge in [0.2, 0.25) is 0 Å². The Morgan fingerprint density at radius 2 is 2.18 bits per heavy atom. The molecule has 0 heterocycles. The third-order valence-electron chi connectivity index (χ3n) is 2.67. The molecule has 0 bridgehead atoms. The summed E-state index contributed by atoms with van der Waals surface area (Å²) in [6.45, 7) is 4.16. The number of nitrogen functional groups attached to an aromatic ring is 1. The van der Waals surface area contributed by atoms with Gasteiger partial charge in [0, 0.05) is 19.3 Å². The number of benzene rings is 1. The van der Waals surface area contributed by atoms with Crippen molar-refractivity contribution in [3.8, 4) is 0 Å². The van der Waals surface area contributed by atoms with Gasteiger partial charge in [0.1, 0.15) is 0 Å². The summed E-state index contributed by atoms with van der Waals surface area (Å²) in [6.07, 6.45) is 0.161. The van der Waals surface area contributed by atoms with Crippen LogP contribution >= 0.6 is 0 Å². The second kappa shape index (κ2) is 5.68. The molecule has 0 fully saturated rings. The van der Waals surface area contributed by atoms with E-state index in [1.807, 2.05) is 13.0 Å². The number of anilines is 1. The molecule has 1 amide bonds. The number of carbonyl (C=O) groups excluding carboxylic acids is 1. The second-order valence-corrected chi connectivity index (χ2v) is 4.46. The van der Waals surface area contributed by atoms with Crippen LogP contribution in [0.15, 0.2) is 18.2 Å². The van der Waals surface area contributed by atoms with Crippen LogP contribution in [0, 0.1) is 6.92 Å². The van der Waals surface area contributed by atoms with Crippen LogP contribution in [0.5, 0.6) is 0 Å². The molecule has 94 valence electrons. The van der Waals surface area contributed by atoms with Gasteiger partial charge in [0.15, 0.2) is 0 Å². The Morgan fingerprint density at radius 3 is 2.71 bits per heavy atom. The molecule has 0 aliphatic rings. The molecule has 4 heteroatoms. The summed E-state index contributed by atoms with van der Waals surface area (Å²) in [5.41, 5.74) is 7.87. The molecular weight excluding hydrogens is 216 g/mol. The number of hydrogen-bond donors (Lipinski definition) is 2. The number of nitrogens with two attached hydrogens (primary N) is 1. The van der Waals surface area contributed by atoms with Crippen LogP contribution < -0.4 is 5.73 Å². The van der Waals surface area contributed by atoms with Crippen LogP contribution in [-0.4, -0.2) is 35.6 Å². The summed E-state index contributed by atoms with van der Waals surface area (Å²) in [5, 5.41) is 9.18. The lowest BCUT2D eigenvalue weighted by atomic mass is 10.1. The third-order valence-corrected chi connectivity index (χ3v) is 2.67. The smallest absolute Gasteiger partial charge is 0.255 e. The molecule has 0 saturated carbocycles. The first kappa shape index (κ1) is 13.5. The highest BCUT2D eigenvalue weighted by Gasteiger charge is 2.14. The molecule has 3 N–H and O–H groups in total. The summed E-state index contributed by atoms with van der Waals surface area (Å²) >= 11 is 0. The van der Waals surface area contributed by atoms with Gasteiger partial charge in [-0.2, -0.15) is 0 Å². The number of rotatable bonds is 4. The van der Waals surface area contributed by atoms with E-state index in [0.29, 0.717) is 24.2 Å². The van der Waals surface area contributed by atoms with E-state index >= 15 is 0 Å². The van der Waals surface area contributed by atoms with Crippen molar-refractivity contribution in [3.63, 3.8) is 0 Å². The van der Waals surface area contributed by atoms with Crippen molar-refractivity contribution in [2.24, 2.45) is 0 Å². The largest absolute Gasteiger partial charge is 0.398 e. The Morgan fingerprint density at radius 1 is 1.53 bits per heavy atom. The van der Waals surface area contributed by atoms with Gasteiger partial charge in [-0.3, -0.25) is 4.79 Å². The summed E-state index contributed by atoms with van der Waals surface area (Å²) in [4.78, 5) is 13.6. The Kier molecular flexibility index (Phi) is 4.52. The van der Waals surface area contributed by atoms with Crippen molar-refractivity contribution in [2.45, 2.75) is 26.4 Å². The topological polar surface area (TPSA) is 66.6 Å². The van der Waals surface area contributed by atoms with Gasteiger partial charge in [0.25, 0.3) is 5.91 Å². The standard InChI is InChI=1S/C13H20N2O2/c1-9-4-5-11(12(14)8-9)13(17)15(3)7-6-10(2)16/h4-5,8,10,16H,6-7,14H2,1-3H3. The molecule has 1 rings (SSSR count). The van der Waals surface area contributed by atoms with Crippen molar-refractivity contribution in [1.82, 2.24) is 4.90 Å². The first-order chi connectivity index (χ1) is 7.91. The van der Waals surface area contributed by atoms with E-state index in [9.17, 15) is 9.90 Å². The average molecular weight is 236 g/mol. The molecule has 0 radical (unpaired) electrons. The van der Waals surface area contributed by atoms with Gasteiger partial charge in [0.05, 0.1) is 11.7 Å². The van der Waals surface area contributed by atoms with E-state index in [1.54, 1.807) is 31.0 Å². The number of amides is 1. The molecule has 0 spiro atoms. The van der Waals surface area contributed by atoms with Crippen molar-refractivity contribution in [2.75, 3.05) is 19.3 Å². The van der Waals surface area contributed by atoms with Crippen LogP contribution in [-0.2, 0) is 0 Å². The molecule has 4 nitrogen and oxygen atoms in total. The third kappa shape index (κ3) is 3.75. The predicted molar refractivity (Wildman–Crippen MR) is 68.8 cm³/mol. The highest BCUT2D eigenvalue weighted by atomic mass is 16.3. The Balaban J connectivity index is 2.75. The molecule has 1 aromatic carbocycles. The van der Waals surface area contributed by atoms with Crippen LogP contribution in [0.1, 0.15) is 29.3 Å². The first-order valence-electron chi connectivity index (χ1n) is 5.71. The first-order valence-corrected chi connectivity index (χ1v) is 5.71. The maximum atomic E-state index is 12.1. The van der Waals surface area contributed by atoms with Gasteiger partial charge in [-0.1, -0.05) is 6.07 Å². The molecule has 1 unspecified atom stereocenters. The zero-order valence-electron chi connectivity index (χ0n) is 10.6. The Labute approximate surface area is 102 Å². The average Bonchev–Trinajstić information content (AvgIpc) is 2.25. The maximum Gasteiger partial charge on any atom is 0.255 e. The molecule has 0 aliphatic carbocycles. The number of nitrogens with zero attached hydrogens (tertiary/aromatic N) is 1. The quantitative estimate of drug-likeness (QED) is 0.777. The van der Waals surface area contributed by atoms with Gasteiger partial charge in [-0.25, -0.2) is 0 Å². The van der Waals surface area contributed by atoms with E-state index in [-0.39, 0.29) is 5.91 Å². The normalized spacial score (nSPS) is 12.2. The van der Waals surface area contributed by atoms with Gasteiger partial charge in [-0.05, 0) is 38.0 Å². The van der Waals surface area contributed by atoms with Crippen molar-refractivity contribution in [1.29, 1.82) is 0 Å². The minimum Gasteiger partial charge on any atom is -0.398 e. The van der Waals surface area contributed by atoms with E-state index in [1.165, 1.54) is 0 Å². The van der Waals surface area contributed by atoms with E-state index < -0.39 is 6.10 Å². The molecular formula is C13H20N2O2. The van der Waals surface area contributed by atoms with Crippen LogP contribution in [0.25, 0.3) is 0 Å². The summed E-state index contributed by atoms with van der Waals surface area (Å²) in [5.74, 6) is -0.108. The van der Waals surface area contributed by atoms with Crippen molar-refractivity contribution >= 4 is 11.6 Å². The summed E-state index contributed by atoms with van der Waals surface area (Å²) in [7, 11) is 1.71. The molecule has 0 aromatic heterocycles. The number of aliphatic hydroxyl groups excluding tert-OH is 1. The highest BCUT2D eigenvalue weighted by Crippen LogP contribution is 2.15. The lowest BCUT2D eigenvalue weighted by molar-refractivity contribution is 0.0770. The van der Waals surface area contributed by atoms with Crippen molar-refractivity contribution < 1.29 is 9.90 Å². The van der Waals surface area contributed by atoms with Gasteiger partial charge >= 0.3 is 0 Å². The Hall–Kier alpha value is -1.55.